The number of amides is 2. The molecule has 1 aliphatic heterocycles. The Morgan fingerprint density at radius 1 is 1.00 bits per heavy atom. The zero-order valence-corrected chi connectivity index (χ0v) is 21.2. The number of benzene rings is 3. The third-order valence-electron chi connectivity index (χ3n) is 6.17. The van der Waals surface area contributed by atoms with Crippen LogP contribution in [0.25, 0.3) is 0 Å². The molecule has 4 rings (SSSR count). The quantitative estimate of drug-likeness (QED) is 0.446. The number of alkyl halides is 3. The van der Waals surface area contributed by atoms with Crippen LogP contribution in [-0.2, 0) is 27.4 Å². The van der Waals surface area contributed by atoms with E-state index >= 15 is 0 Å². The van der Waals surface area contributed by atoms with Gasteiger partial charge in [0.25, 0.3) is 11.8 Å². The summed E-state index contributed by atoms with van der Waals surface area (Å²) in [6, 6.07) is 16.9. The van der Waals surface area contributed by atoms with E-state index in [1.807, 2.05) is 0 Å². The van der Waals surface area contributed by atoms with E-state index in [9.17, 15) is 31.2 Å². The highest BCUT2D eigenvalue weighted by atomic mass is 32.2. The zero-order valence-electron chi connectivity index (χ0n) is 20.4. The predicted molar refractivity (Wildman–Crippen MR) is 135 cm³/mol. The lowest BCUT2D eigenvalue weighted by atomic mass is 10.1. The van der Waals surface area contributed by atoms with Crippen LogP contribution >= 0.6 is 0 Å². The van der Waals surface area contributed by atoms with Gasteiger partial charge in [-0.3, -0.25) is 9.59 Å². The van der Waals surface area contributed by atoms with Gasteiger partial charge in [-0.05, 0) is 66.2 Å². The first-order valence-corrected chi connectivity index (χ1v) is 13.5. The zero-order chi connectivity index (χ0) is 27.5. The summed E-state index contributed by atoms with van der Waals surface area (Å²) >= 11 is 0. The van der Waals surface area contributed by atoms with Gasteiger partial charge >= 0.3 is 6.18 Å². The second-order valence-electron chi connectivity index (χ2n) is 8.68. The van der Waals surface area contributed by atoms with Gasteiger partial charge in [0.15, 0.2) is 15.9 Å². The fourth-order valence-electron chi connectivity index (χ4n) is 3.96. The van der Waals surface area contributed by atoms with Crippen LogP contribution in [0.3, 0.4) is 0 Å². The number of hydrogen-bond donors (Lipinski definition) is 1. The molecule has 0 unspecified atom stereocenters. The van der Waals surface area contributed by atoms with Crippen molar-refractivity contribution in [1.82, 2.24) is 5.32 Å². The summed E-state index contributed by atoms with van der Waals surface area (Å²) in [5.41, 5.74) is 0.890. The largest absolute Gasteiger partial charge is 0.481 e. The molecule has 11 heteroatoms. The van der Waals surface area contributed by atoms with Crippen molar-refractivity contribution in [3.63, 3.8) is 0 Å². The number of nitrogens with zero attached hydrogens (tertiary/aromatic N) is 1. The molecule has 0 bridgehead atoms. The first-order chi connectivity index (χ1) is 18.0. The molecule has 0 spiro atoms. The molecule has 0 saturated carbocycles. The molecule has 7 nitrogen and oxygen atoms in total. The molecule has 0 radical (unpaired) electrons. The van der Waals surface area contributed by atoms with Gasteiger partial charge in [0.2, 0.25) is 0 Å². The van der Waals surface area contributed by atoms with Crippen LogP contribution in [0, 0.1) is 0 Å². The van der Waals surface area contributed by atoms with Gasteiger partial charge in [0, 0.05) is 30.8 Å². The summed E-state index contributed by atoms with van der Waals surface area (Å²) in [4.78, 5) is 27.1. The molecule has 1 aliphatic rings. The first kappa shape index (κ1) is 27.2. The monoisotopic (exact) mass is 546 g/mol. The standard InChI is InChI=1S/C27H25F3N2O5S/c1-2-38(35,36)23-13-3-18(4-14-23)17-31-25(33)19-5-9-21(10-6-19)32-16-15-24(26(32)34)37-22-11-7-20(8-12-22)27(28,29)30/h3-14,24H,2,15-17H2,1H3,(H,31,33)/t24-/m1/s1. The van der Waals surface area contributed by atoms with E-state index in [1.54, 1.807) is 43.3 Å². The molecule has 1 saturated heterocycles. The van der Waals surface area contributed by atoms with E-state index in [-0.39, 0.29) is 34.8 Å². The van der Waals surface area contributed by atoms with Crippen molar-refractivity contribution >= 4 is 27.3 Å². The predicted octanol–water partition coefficient (Wildman–Crippen LogP) is 4.61. The lowest BCUT2D eigenvalue weighted by molar-refractivity contribution is -0.137. The van der Waals surface area contributed by atoms with Gasteiger partial charge < -0.3 is 15.0 Å². The number of halogens is 3. The Hall–Kier alpha value is -3.86. The number of sulfone groups is 1. The Balaban J connectivity index is 1.32. The Morgan fingerprint density at radius 3 is 2.21 bits per heavy atom. The smallest absolute Gasteiger partial charge is 0.416 e. The van der Waals surface area contributed by atoms with Crippen molar-refractivity contribution < 1.29 is 35.9 Å². The minimum absolute atomic E-state index is 0.00887. The second-order valence-corrected chi connectivity index (χ2v) is 11.0. The Kier molecular flexibility index (Phi) is 7.77. The Bertz CT molecular complexity index is 1410. The van der Waals surface area contributed by atoms with Gasteiger partial charge in [-0.15, -0.1) is 0 Å². The number of carbonyl (C=O) groups excluding carboxylic acids is 2. The molecular weight excluding hydrogens is 521 g/mol. The molecule has 1 fully saturated rings. The van der Waals surface area contributed by atoms with Gasteiger partial charge in [-0.25, -0.2) is 8.42 Å². The van der Waals surface area contributed by atoms with Gasteiger partial charge in [-0.1, -0.05) is 19.1 Å². The molecule has 1 atom stereocenters. The average molecular weight is 547 g/mol. The summed E-state index contributed by atoms with van der Waals surface area (Å²) in [5, 5.41) is 2.77. The van der Waals surface area contributed by atoms with E-state index < -0.39 is 27.7 Å². The molecule has 3 aromatic rings. The molecule has 2 amide bonds. The maximum absolute atomic E-state index is 12.8. The minimum Gasteiger partial charge on any atom is -0.481 e. The van der Waals surface area contributed by atoms with Gasteiger partial charge in [0.1, 0.15) is 5.75 Å². The lowest BCUT2D eigenvalue weighted by Crippen LogP contribution is -2.32. The topological polar surface area (TPSA) is 92.8 Å². The minimum atomic E-state index is -4.45. The van der Waals surface area contributed by atoms with Crippen molar-refractivity contribution in [1.29, 1.82) is 0 Å². The summed E-state index contributed by atoms with van der Waals surface area (Å²) in [6.07, 6.45) is -4.92. The third kappa shape index (κ3) is 6.16. The number of anilines is 1. The Morgan fingerprint density at radius 2 is 1.63 bits per heavy atom. The van der Waals surface area contributed by atoms with Crippen LogP contribution in [0.1, 0.15) is 34.8 Å². The molecule has 0 aromatic heterocycles. The van der Waals surface area contributed by atoms with Gasteiger partial charge in [-0.2, -0.15) is 13.2 Å². The van der Waals surface area contributed by atoms with E-state index in [4.69, 9.17) is 4.74 Å². The van der Waals surface area contributed by atoms with Crippen molar-refractivity contribution in [3.05, 3.63) is 89.5 Å². The SMILES string of the molecule is CCS(=O)(=O)c1ccc(CNC(=O)c2ccc(N3CC[C@@H](Oc4ccc(C(F)(F)F)cc4)C3=O)cc2)cc1. The maximum Gasteiger partial charge on any atom is 0.416 e. The first-order valence-electron chi connectivity index (χ1n) is 11.8. The fourth-order valence-corrected chi connectivity index (χ4v) is 4.85. The van der Waals surface area contributed by atoms with Crippen molar-refractivity contribution in [2.24, 2.45) is 0 Å². The van der Waals surface area contributed by atoms with E-state index in [2.05, 4.69) is 5.32 Å². The summed E-state index contributed by atoms with van der Waals surface area (Å²) in [6.45, 7) is 2.14. The normalized spacial score (nSPS) is 15.9. The molecule has 1 N–H and O–H groups in total. The fraction of sp³-hybridized carbons (Fsp3) is 0.259. The van der Waals surface area contributed by atoms with Crippen LogP contribution in [-0.4, -0.2) is 38.6 Å². The van der Waals surface area contributed by atoms with Crippen molar-refractivity contribution in [2.75, 3.05) is 17.2 Å². The average Bonchev–Trinajstić information content (AvgIpc) is 3.27. The summed E-state index contributed by atoms with van der Waals surface area (Å²) in [5.74, 6) is -0.477. The number of nitrogens with one attached hydrogen (secondary N) is 1. The van der Waals surface area contributed by atoms with Crippen molar-refractivity contribution in [3.8, 4) is 5.75 Å². The highest BCUT2D eigenvalue weighted by Crippen LogP contribution is 2.31. The van der Waals surface area contributed by atoms with Crippen LogP contribution in [0.5, 0.6) is 5.75 Å². The third-order valence-corrected chi connectivity index (χ3v) is 7.92. The van der Waals surface area contributed by atoms with Crippen molar-refractivity contribution in [2.45, 2.75) is 37.1 Å². The maximum atomic E-state index is 12.8. The van der Waals surface area contributed by atoms with Gasteiger partial charge in [0.05, 0.1) is 16.2 Å². The highest BCUT2D eigenvalue weighted by Gasteiger charge is 2.35. The van der Waals surface area contributed by atoms with Crippen LogP contribution in [0.2, 0.25) is 0 Å². The number of hydrogen-bond acceptors (Lipinski definition) is 5. The van der Waals surface area contributed by atoms with E-state index in [0.717, 1.165) is 17.7 Å². The molecule has 0 aliphatic carbocycles. The lowest BCUT2D eigenvalue weighted by Gasteiger charge is -2.18. The number of rotatable bonds is 8. The summed E-state index contributed by atoms with van der Waals surface area (Å²) < 4.78 is 67.7. The molecule has 200 valence electrons. The van der Waals surface area contributed by atoms with Crippen LogP contribution in [0.15, 0.2) is 77.7 Å². The molecule has 3 aromatic carbocycles. The van der Waals surface area contributed by atoms with Crippen LogP contribution < -0.4 is 15.0 Å². The highest BCUT2D eigenvalue weighted by molar-refractivity contribution is 7.91. The summed E-state index contributed by atoms with van der Waals surface area (Å²) in [7, 11) is -3.29. The van der Waals surface area contributed by atoms with Crippen LogP contribution in [0.4, 0.5) is 18.9 Å². The number of ether oxygens (including phenoxy) is 1. The number of carbonyl (C=O) groups is 2. The van der Waals surface area contributed by atoms with E-state index in [0.29, 0.717) is 24.2 Å². The molecule has 1 heterocycles. The molecule has 38 heavy (non-hydrogen) atoms. The second kappa shape index (κ2) is 10.9. The van der Waals surface area contributed by atoms with E-state index in [1.165, 1.54) is 29.2 Å². The molecular formula is C27H25F3N2O5S. The Labute approximate surface area is 218 Å².